The number of hydrogen-bond donors (Lipinski definition) is 1. The molecule has 2 aromatic heterocycles. The molecule has 3 aromatic rings. The minimum Gasteiger partial charge on any atom is -0.497 e. The third-order valence-corrected chi connectivity index (χ3v) is 7.55. The molecule has 0 spiro atoms. The first kappa shape index (κ1) is 18.6. The number of rotatable bonds is 4. The highest BCUT2D eigenvalue weighted by Gasteiger charge is 2.46. The molecule has 2 aliphatic rings. The molecule has 3 atom stereocenters. The summed E-state index contributed by atoms with van der Waals surface area (Å²) in [4.78, 5) is 0. The van der Waals surface area contributed by atoms with E-state index < -0.39 is 6.10 Å². The number of hydrogen-bond acceptors (Lipinski definition) is 4. The van der Waals surface area contributed by atoms with E-state index in [9.17, 15) is 5.11 Å². The highest BCUT2D eigenvalue weighted by Crippen LogP contribution is 2.54. The normalized spacial score (nSPS) is 24.4. The lowest BCUT2D eigenvalue weighted by molar-refractivity contribution is 0.0220. The van der Waals surface area contributed by atoms with Crippen molar-refractivity contribution in [3.8, 4) is 11.4 Å². The van der Waals surface area contributed by atoms with Crippen molar-refractivity contribution in [3.63, 3.8) is 0 Å². The van der Waals surface area contributed by atoms with E-state index in [4.69, 9.17) is 9.84 Å². The van der Waals surface area contributed by atoms with Gasteiger partial charge >= 0.3 is 0 Å². The van der Waals surface area contributed by atoms with Gasteiger partial charge in [0.2, 0.25) is 0 Å². The number of aliphatic hydroxyl groups is 1. The molecule has 29 heavy (non-hydrogen) atoms. The van der Waals surface area contributed by atoms with Gasteiger partial charge in [0.05, 0.1) is 30.8 Å². The fourth-order valence-corrected chi connectivity index (χ4v) is 5.88. The number of fused-ring (bicyclic) bond motifs is 2. The molecule has 4 nitrogen and oxygen atoms in total. The Morgan fingerprint density at radius 3 is 2.83 bits per heavy atom. The topological polar surface area (TPSA) is 47.3 Å². The van der Waals surface area contributed by atoms with Gasteiger partial charge in [-0.3, -0.25) is 0 Å². The van der Waals surface area contributed by atoms with E-state index in [0.29, 0.717) is 0 Å². The molecular weight excluding hydrogens is 380 g/mol. The monoisotopic (exact) mass is 406 g/mol. The van der Waals surface area contributed by atoms with Crippen LogP contribution in [0.5, 0.6) is 5.75 Å². The number of aromatic nitrogens is 2. The van der Waals surface area contributed by atoms with Crippen molar-refractivity contribution >= 4 is 17.4 Å². The van der Waals surface area contributed by atoms with Crippen LogP contribution in [0.1, 0.15) is 49.1 Å². The van der Waals surface area contributed by atoms with Crippen LogP contribution in [0.2, 0.25) is 0 Å². The Balaban J connectivity index is 1.52. The lowest BCUT2D eigenvalue weighted by Gasteiger charge is -2.47. The van der Waals surface area contributed by atoms with Gasteiger partial charge in [0, 0.05) is 0 Å². The predicted octanol–water partition coefficient (Wildman–Crippen LogP) is 5.42. The summed E-state index contributed by atoms with van der Waals surface area (Å²) in [5.74, 6) is 1.08. The SMILES string of the molecule is COc1ccc(-n2ncc3c2C=C2CCC[C@H]([C@@H](O)c4ccsc4)[C@@]2(C)C3)cc1. The maximum absolute atomic E-state index is 11.2. The molecule has 1 aromatic carbocycles. The van der Waals surface area contributed by atoms with Crippen LogP contribution in [0.25, 0.3) is 11.8 Å². The van der Waals surface area contributed by atoms with Gasteiger partial charge in [-0.15, -0.1) is 0 Å². The molecule has 0 bridgehead atoms. The van der Waals surface area contributed by atoms with E-state index in [1.165, 1.54) is 16.8 Å². The quantitative estimate of drug-likeness (QED) is 0.629. The highest BCUT2D eigenvalue weighted by molar-refractivity contribution is 7.07. The fraction of sp³-hybridized carbons (Fsp3) is 0.375. The van der Waals surface area contributed by atoms with Gasteiger partial charge in [0.1, 0.15) is 5.75 Å². The van der Waals surface area contributed by atoms with E-state index >= 15 is 0 Å². The Hall–Kier alpha value is -2.37. The third-order valence-electron chi connectivity index (χ3n) is 6.85. The van der Waals surface area contributed by atoms with Crippen molar-refractivity contribution in [1.82, 2.24) is 9.78 Å². The average molecular weight is 407 g/mol. The van der Waals surface area contributed by atoms with Crippen LogP contribution in [0, 0.1) is 11.3 Å². The number of allylic oxidation sites excluding steroid dienone is 1. The maximum atomic E-state index is 11.2. The van der Waals surface area contributed by atoms with Crippen molar-refractivity contribution < 1.29 is 9.84 Å². The van der Waals surface area contributed by atoms with Gasteiger partial charge in [-0.25, -0.2) is 4.68 Å². The molecule has 1 N–H and O–H groups in total. The van der Waals surface area contributed by atoms with Crippen LogP contribution in [0.4, 0.5) is 0 Å². The first-order chi connectivity index (χ1) is 14.1. The Morgan fingerprint density at radius 1 is 1.28 bits per heavy atom. The summed E-state index contributed by atoms with van der Waals surface area (Å²) >= 11 is 1.66. The number of ether oxygens (including phenoxy) is 1. The van der Waals surface area contributed by atoms with Crippen LogP contribution in [-0.4, -0.2) is 22.0 Å². The first-order valence-corrected chi connectivity index (χ1v) is 11.2. The Kier molecular flexibility index (Phi) is 4.60. The summed E-state index contributed by atoms with van der Waals surface area (Å²) < 4.78 is 7.31. The standard InChI is InChI=1S/C24H26N2O2S/c1-24-13-17-14-25-26(19-6-8-20(28-2)9-7-19)22(17)12-18(24)4-3-5-21(24)23(27)16-10-11-29-15-16/h6-12,14-15,21,23,27H,3-5,13H2,1-2H3/t21-,23+,24+/m1/s1. The van der Waals surface area contributed by atoms with Crippen LogP contribution < -0.4 is 4.74 Å². The average Bonchev–Trinajstić information content (AvgIpc) is 3.41. The minimum atomic E-state index is -0.409. The maximum Gasteiger partial charge on any atom is 0.119 e. The molecule has 0 aliphatic heterocycles. The lowest BCUT2D eigenvalue weighted by atomic mass is 9.58. The Labute approximate surface area is 175 Å². The second-order valence-corrected chi connectivity index (χ2v) is 9.21. The van der Waals surface area contributed by atoms with Gasteiger partial charge in [0.15, 0.2) is 0 Å². The lowest BCUT2D eigenvalue weighted by Crippen LogP contribution is -2.40. The largest absolute Gasteiger partial charge is 0.497 e. The van der Waals surface area contributed by atoms with Gasteiger partial charge < -0.3 is 9.84 Å². The molecule has 5 rings (SSSR count). The van der Waals surface area contributed by atoms with E-state index in [1.54, 1.807) is 18.4 Å². The fourth-order valence-electron chi connectivity index (χ4n) is 5.19. The molecule has 2 heterocycles. The van der Waals surface area contributed by atoms with Crippen molar-refractivity contribution in [1.29, 1.82) is 0 Å². The van der Waals surface area contributed by atoms with Gasteiger partial charge in [-0.2, -0.15) is 16.4 Å². The van der Waals surface area contributed by atoms with Crippen LogP contribution in [-0.2, 0) is 6.42 Å². The molecule has 0 amide bonds. The number of benzene rings is 1. The minimum absolute atomic E-state index is 0.0274. The van der Waals surface area contributed by atoms with Crippen LogP contribution in [0.15, 0.2) is 52.9 Å². The highest BCUT2D eigenvalue weighted by atomic mass is 32.1. The number of thiophene rings is 1. The van der Waals surface area contributed by atoms with Gasteiger partial charge in [0.25, 0.3) is 0 Å². The smallest absolute Gasteiger partial charge is 0.119 e. The molecular formula is C24H26N2O2S. The van der Waals surface area contributed by atoms with Crippen LogP contribution >= 0.6 is 11.3 Å². The molecule has 2 aliphatic carbocycles. The number of nitrogens with zero attached hydrogens (tertiary/aromatic N) is 2. The molecule has 1 fully saturated rings. The summed E-state index contributed by atoms with van der Waals surface area (Å²) in [6, 6.07) is 10.1. The molecule has 0 radical (unpaired) electrons. The molecule has 150 valence electrons. The van der Waals surface area contributed by atoms with Gasteiger partial charge in [-0.1, -0.05) is 12.5 Å². The van der Waals surface area contributed by atoms with E-state index in [0.717, 1.165) is 42.7 Å². The summed E-state index contributed by atoms with van der Waals surface area (Å²) in [6.07, 6.45) is 8.13. The van der Waals surface area contributed by atoms with Crippen molar-refractivity contribution in [2.24, 2.45) is 11.3 Å². The van der Waals surface area contributed by atoms with Crippen molar-refractivity contribution in [2.45, 2.75) is 38.7 Å². The zero-order chi connectivity index (χ0) is 20.0. The van der Waals surface area contributed by atoms with E-state index in [2.05, 4.69) is 29.8 Å². The molecule has 0 unspecified atom stereocenters. The van der Waals surface area contributed by atoms with Crippen molar-refractivity contribution in [3.05, 3.63) is 69.7 Å². The molecule has 1 saturated carbocycles. The Bertz CT molecular complexity index is 1040. The summed E-state index contributed by atoms with van der Waals surface area (Å²) in [6.45, 7) is 2.34. The Morgan fingerprint density at radius 2 is 2.10 bits per heavy atom. The zero-order valence-corrected chi connectivity index (χ0v) is 17.7. The second kappa shape index (κ2) is 7.15. The van der Waals surface area contributed by atoms with Crippen LogP contribution in [0.3, 0.4) is 0 Å². The second-order valence-electron chi connectivity index (χ2n) is 8.43. The summed E-state index contributed by atoms with van der Waals surface area (Å²) in [5, 5.41) is 20.0. The molecule has 0 saturated heterocycles. The molecule has 5 heteroatoms. The van der Waals surface area contributed by atoms with Crippen molar-refractivity contribution in [2.75, 3.05) is 7.11 Å². The summed E-state index contributed by atoms with van der Waals surface area (Å²) in [7, 11) is 1.68. The third kappa shape index (κ3) is 3.04. The number of aliphatic hydroxyl groups excluding tert-OH is 1. The zero-order valence-electron chi connectivity index (χ0n) is 16.8. The summed E-state index contributed by atoms with van der Waals surface area (Å²) in [5.41, 5.74) is 5.95. The number of methoxy groups -OCH3 is 1. The predicted molar refractivity (Wildman–Crippen MR) is 117 cm³/mol. The van der Waals surface area contributed by atoms with E-state index in [-0.39, 0.29) is 11.3 Å². The van der Waals surface area contributed by atoms with Gasteiger partial charge in [-0.05, 0) is 95.3 Å². The van der Waals surface area contributed by atoms with E-state index in [1.807, 2.05) is 35.1 Å². The first-order valence-electron chi connectivity index (χ1n) is 10.2.